The molecule has 8 nitrogen and oxygen atoms in total. The monoisotopic (exact) mass is 466 g/mol. The van der Waals surface area contributed by atoms with E-state index in [1.807, 2.05) is 18.2 Å². The first-order chi connectivity index (χ1) is 15.9. The van der Waals surface area contributed by atoms with E-state index < -0.39 is 10.0 Å². The van der Waals surface area contributed by atoms with Crippen LogP contribution < -0.4 is 5.32 Å². The summed E-state index contributed by atoms with van der Waals surface area (Å²) < 4.78 is 27.2. The van der Waals surface area contributed by atoms with Gasteiger partial charge in [-0.05, 0) is 60.7 Å². The van der Waals surface area contributed by atoms with E-state index in [0.29, 0.717) is 37.6 Å². The molecular weight excluding hydrogens is 440 g/mol. The van der Waals surface area contributed by atoms with Crippen molar-refractivity contribution in [1.29, 1.82) is 0 Å². The summed E-state index contributed by atoms with van der Waals surface area (Å²) >= 11 is 0. The fourth-order valence-corrected chi connectivity index (χ4v) is 5.10. The standard InChI is InChI=1S/C24H26N4O4S/c29-17-19-10-12-28(13-11-19)33(31,32)23-8-6-21(7-9-23)27-24-25-15-20(16-26-24)5-4-18-2-1-3-22(30)14-18/h1-9,14-16,19,29-30H,10-13,17H2,(H,25,26,27). The van der Waals surface area contributed by atoms with Crippen LogP contribution in [0, 0.1) is 5.92 Å². The molecule has 3 N–H and O–H groups in total. The molecule has 0 radical (unpaired) electrons. The van der Waals surface area contributed by atoms with Crippen LogP contribution in [0.25, 0.3) is 12.2 Å². The Kier molecular flexibility index (Phi) is 7.02. The van der Waals surface area contributed by atoms with Crippen LogP contribution in [0.3, 0.4) is 0 Å². The number of nitrogens with one attached hydrogen (secondary N) is 1. The van der Waals surface area contributed by atoms with Gasteiger partial charge in [-0.2, -0.15) is 4.31 Å². The number of rotatable bonds is 7. The van der Waals surface area contributed by atoms with Crippen LogP contribution in [0.5, 0.6) is 5.75 Å². The minimum Gasteiger partial charge on any atom is -0.508 e. The number of benzene rings is 2. The number of sulfonamides is 1. The lowest BCUT2D eigenvalue weighted by Gasteiger charge is -2.30. The molecule has 0 aliphatic carbocycles. The Morgan fingerprint density at radius 3 is 2.30 bits per heavy atom. The zero-order chi connectivity index (χ0) is 23.3. The number of anilines is 2. The first-order valence-electron chi connectivity index (χ1n) is 10.7. The lowest BCUT2D eigenvalue weighted by atomic mass is 10.00. The molecule has 172 valence electrons. The van der Waals surface area contributed by atoms with Gasteiger partial charge in [-0.1, -0.05) is 24.3 Å². The van der Waals surface area contributed by atoms with Crippen molar-refractivity contribution in [2.45, 2.75) is 17.7 Å². The SMILES string of the molecule is O=S(=O)(c1ccc(Nc2ncc(C=Cc3cccc(O)c3)cn2)cc1)N1CCC(CO)CC1. The van der Waals surface area contributed by atoms with Gasteiger partial charge in [0, 0.05) is 43.3 Å². The second-order valence-electron chi connectivity index (χ2n) is 7.95. The van der Waals surface area contributed by atoms with Crippen LogP contribution >= 0.6 is 0 Å². The van der Waals surface area contributed by atoms with Gasteiger partial charge < -0.3 is 15.5 Å². The van der Waals surface area contributed by atoms with Gasteiger partial charge in [-0.15, -0.1) is 0 Å². The molecule has 0 bridgehead atoms. The molecule has 2 aromatic carbocycles. The highest BCUT2D eigenvalue weighted by molar-refractivity contribution is 7.89. The number of hydrogen-bond acceptors (Lipinski definition) is 7. The van der Waals surface area contributed by atoms with Crippen molar-refractivity contribution in [3.05, 3.63) is 72.1 Å². The number of phenols is 1. The van der Waals surface area contributed by atoms with Gasteiger partial charge >= 0.3 is 0 Å². The topological polar surface area (TPSA) is 116 Å². The fraction of sp³-hybridized carbons (Fsp3) is 0.250. The second-order valence-corrected chi connectivity index (χ2v) is 9.89. The number of aromatic nitrogens is 2. The van der Waals surface area contributed by atoms with Gasteiger partial charge in [0.05, 0.1) is 4.90 Å². The van der Waals surface area contributed by atoms with Crippen LogP contribution in [-0.4, -0.2) is 52.6 Å². The normalized spacial score (nSPS) is 15.7. The molecule has 0 spiro atoms. The Morgan fingerprint density at radius 2 is 1.67 bits per heavy atom. The minimum atomic E-state index is -3.55. The zero-order valence-electron chi connectivity index (χ0n) is 18.0. The van der Waals surface area contributed by atoms with Gasteiger partial charge in [0.1, 0.15) is 5.75 Å². The molecule has 4 rings (SSSR count). The largest absolute Gasteiger partial charge is 0.508 e. The summed E-state index contributed by atoms with van der Waals surface area (Å²) in [6.07, 6.45) is 8.39. The summed E-state index contributed by atoms with van der Waals surface area (Å²) in [5.41, 5.74) is 2.34. The van der Waals surface area contributed by atoms with E-state index in [4.69, 9.17) is 0 Å². The highest BCUT2D eigenvalue weighted by Crippen LogP contribution is 2.25. The highest BCUT2D eigenvalue weighted by Gasteiger charge is 2.29. The lowest BCUT2D eigenvalue weighted by Crippen LogP contribution is -2.39. The van der Waals surface area contributed by atoms with E-state index in [0.717, 1.165) is 11.1 Å². The molecule has 33 heavy (non-hydrogen) atoms. The van der Waals surface area contributed by atoms with Crippen LogP contribution in [0.4, 0.5) is 11.6 Å². The molecule has 0 atom stereocenters. The van der Waals surface area contributed by atoms with Crippen molar-refractivity contribution >= 4 is 33.8 Å². The predicted molar refractivity (Wildman–Crippen MR) is 127 cm³/mol. The number of aromatic hydroxyl groups is 1. The molecule has 0 amide bonds. The molecule has 3 aromatic rings. The quantitative estimate of drug-likeness (QED) is 0.488. The fourth-order valence-electron chi connectivity index (χ4n) is 3.63. The van der Waals surface area contributed by atoms with Gasteiger partial charge in [0.25, 0.3) is 0 Å². The van der Waals surface area contributed by atoms with E-state index in [2.05, 4.69) is 15.3 Å². The number of nitrogens with zero attached hydrogens (tertiary/aromatic N) is 3. The zero-order valence-corrected chi connectivity index (χ0v) is 18.8. The highest BCUT2D eigenvalue weighted by atomic mass is 32.2. The molecule has 1 aliphatic rings. The van der Waals surface area contributed by atoms with Crippen LogP contribution in [-0.2, 0) is 10.0 Å². The number of hydrogen-bond donors (Lipinski definition) is 3. The van der Waals surface area contributed by atoms with E-state index in [1.54, 1.807) is 54.9 Å². The van der Waals surface area contributed by atoms with Crippen LogP contribution in [0.2, 0.25) is 0 Å². The van der Waals surface area contributed by atoms with Crippen molar-refractivity contribution < 1.29 is 18.6 Å². The van der Waals surface area contributed by atoms with Crippen molar-refractivity contribution in [3.63, 3.8) is 0 Å². The van der Waals surface area contributed by atoms with Crippen LogP contribution in [0.1, 0.15) is 24.0 Å². The number of piperidine rings is 1. The molecule has 1 aliphatic heterocycles. The van der Waals surface area contributed by atoms with Crippen molar-refractivity contribution in [1.82, 2.24) is 14.3 Å². The third-order valence-electron chi connectivity index (χ3n) is 5.59. The maximum absolute atomic E-state index is 12.9. The number of aliphatic hydroxyl groups excluding tert-OH is 1. The van der Waals surface area contributed by atoms with Gasteiger partial charge in [-0.3, -0.25) is 0 Å². The van der Waals surface area contributed by atoms with Gasteiger partial charge in [0.15, 0.2) is 0 Å². The van der Waals surface area contributed by atoms with Crippen LogP contribution in [0.15, 0.2) is 65.8 Å². The van der Waals surface area contributed by atoms with Gasteiger partial charge in [-0.25, -0.2) is 18.4 Å². The lowest BCUT2D eigenvalue weighted by molar-refractivity contribution is 0.170. The van der Waals surface area contributed by atoms with Crippen molar-refractivity contribution in [2.24, 2.45) is 5.92 Å². The average Bonchev–Trinajstić information content (AvgIpc) is 2.84. The molecule has 1 aromatic heterocycles. The van der Waals surface area contributed by atoms with E-state index in [1.165, 1.54) is 4.31 Å². The molecular formula is C24H26N4O4S. The Labute approximate surface area is 193 Å². The third-order valence-corrected chi connectivity index (χ3v) is 7.50. The van der Waals surface area contributed by atoms with E-state index >= 15 is 0 Å². The first kappa shape index (κ1) is 22.9. The summed E-state index contributed by atoms with van der Waals surface area (Å²) in [4.78, 5) is 8.83. The third kappa shape index (κ3) is 5.75. The maximum atomic E-state index is 12.9. The Balaban J connectivity index is 1.38. The average molecular weight is 467 g/mol. The summed E-state index contributed by atoms with van der Waals surface area (Å²) in [6.45, 7) is 0.951. The molecule has 0 unspecified atom stereocenters. The van der Waals surface area contributed by atoms with Crippen molar-refractivity contribution in [3.8, 4) is 5.75 Å². The number of phenolic OH excluding ortho intramolecular Hbond substituents is 1. The smallest absolute Gasteiger partial charge is 0.243 e. The molecule has 1 fully saturated rings. The summed E-state index contributed by atoms with van der Waals surface area (Å²) in [6, 6.07) is 13.4. The molecule has 0 saturated carbocycles. The molecule has 2 heterocycles. The first-order valence-corrected chi connectivity index (χ1v) is 12.2. The maximum Gasteiger partial charge on any atom is 0.243 e. The van der Waals surface area contributed by atoms with E-state index in [-0.39, 0.29) is 23.2 Å². The molecule has 9 heteroatoms. The Bertz CT molecular complexity index is 1200. The summed E-state index contributed by atoms with van der Waals surface area (Å²) in [7, 11) is -3.55. The Hall–Kier alpha value is -3.27. The predicted octanol–water partition coefficient (Wildman–Crippen LogP) is 3.49. The van der Waals surface area contributed by atoms with E-state index in [9.17, 15) is 18.6 Å². The minimum absolute atomic E-state index is 0.102. The van der Waals surface area contributed by atoms with Crippen molar-refractivity contribution in [2.75, 3.05) is 25.0 Å². The summed E-state index contributed by atoms with van der Waals surface area (Å²) in [5, 5.41) is 21.8. The second kappa shape index (κ2) is 10.1. The Morgan fingerprint density at radius 1 is 1.00 bits per heavy atom. The molecule has 1 saturated heterocycles. The van der Waals surface area contributed by atoms with Gasteiger partial charge in [0.2, 0.25) is 16.0 Å². The number of aliphatic hydroxyl groups is 1. The summed E-state index contributed by atoms with van der Waals surface area (Å²) in [5.74, 6) is 0.779.